The largest absolute Gasteiger partial charge is 0.495 e. The second-order valence-electron chi connectivity index (χ2n) is 5.19. The number of hydrogen-bond donors (Lipinski definition) is 2. The van der Waals surface area contributed by atoms with E-state index in [9.17, 15) is 0 Å². The molecule has 1 aromatic rings. The van der Waals surface area contributed by atoms with Crippen LogP contribution in [0.25, 0.3) is 0 Å². The number of ether oxygens (including phenoxy) is 1. The van der Waals surface area contributed by atoms with E-state index in [0.29, 0.717) is 0 Å². The molecular formula is C13H21N3O. The van der Waals surface area contributed by atoms with Crippen molar-refractivity contribution in [3.8, 4) is 5.75 Å². The van der Waals surface area contributed by atoms with Crippen molar-refractivity contribution in [1.29, 1.82) is 0 Å². The third-order valence-electron chi connectivity index (χ3n) is 3.04. The summed E-state index contributed by atoms with van der Waals surface area (Å²) in [6.45, 7) is 5.90. The summed E-state index contributed by atoms with van der Waals surface area (Å²) in [6, 6.07) is 6.11. The van der Waals surface area contributed by atoms with Crippen molar-refractivity contribution in [2.24, 2.45) is 5.73 Å². The molecule has 0 spiro atoms. The number of methoxy groups -OCH3 is 1. The molecule has 0 aromatic heterocycles. The van der Waals surface area contributed by atoms with Crippen LogP contribution >= 0.6 is 0 Å². The fourth-order valence-electron chi connectivity index (χ4n) is 2.01. The number of hydrogen-bond acceptors (Lipinski definition) is 4. The smallest absolute Gasteiger partial charge is 0.144 e. The van der Waals surface area contributed by atoms with Crippen molar-refractivity contribution in [3.63, 3.8) is 0 Å². The summed E-state index contributed by atoms with van der Waals surface area (Å²) in [5.41, 5.74) is 8.18. The predicted molar refractivity (Wildman–Crippen MR) is 71.7 cm³/mol. The number of nitrogens with zero attached hydrogens (tertiary/aromatic N) is 1. The van der Waals surface area contributed by atoms with E-state index in [2.05, 4.69) is 30.1 Å². The van der Waals surface area contributed by atoms with Crippen molar-refractivity contribution >= 4 is 11.4 Å². The predicted octanol–water partition coefficient (Wildman–Crippen LogP) is 2.01. The first-order valence-corrected chi connectivity index (χ1v) is 5.96. The first kappa shape index (κ1) is 12.0. The summed E-state index contributed by atoms with van der Waals surface area (Å²) in [5, 5.41) is 3.37. The van der Waals surface area contributed by atoms with E-state index in [1.54, 1.807) is 7.11 Å². The van der Waals surface area contributed by atoms with Crippen molar-refractivity contribution in [3.05, 3.63) is 18.2 Å². The summed E-state index contributed by atoms with van der Waals surface area (Å²) in [4.78, 5) is 2.30. The molecular weight excluding hydrogens is 214 g/mol. The highest BCUT2D eigenvalue weighted by molar-refractivity contribution is 5.80. The lowest BCUT2D eigenvalue weighted by Gasteiger charge is -2.24. The lowest BCUT2D eigenvalue weighted by Crippen LogP contribution is -2.37. The maximum absolute atomic E-state index is 6.02. The van der Waals surface area contributed by atoms with Gasteiger partial charge in [-0.1, -0.05) is 6.07 Å². The Balaban J connectivity index is 2.12. The summed E-state index contributed by atoms with van der Waals surface area (Å²) in [5.74, 6) is 0.900. The molecule has 0 bridgehead atoms. The molecule has 0 fully saturated rings. The topological polar surface area (TPSA) is 50.5 Å². The van der Waals surface area contributed by atoms with Gasteiger partial charge in [-0.25, -0.2) is 0 Å². The van der Waals surface area contributed by atoms with Gasteiger partial charge in [-0.05, 0) is 32.4 Å². The van der Waals surface area contributed by atoms with Crippen LogP contribution < -0.4 is 20.7 Å². The molecule has 1 aliphatic heterocycles. The molecule has 0 radical (unpaired) electrons. The van der Waals surface area contributed by atoms with Gasteiger partial charge in [0.25, 0.3) is 0 Å². The molecule has 0 amide bonds. The summed E-state index contributed by atoms with van der Waals surface area (Å²) < 4.78 is 5.34. The molecule has 3 N–H and O–H groups in total. The minimum absolute atomic E-state index is 0.123. The highest BCUT2D eigenvalue weighted by Gasteiger charge is 2.22. The van der Waals surface area contributed by atoms with Gasteiger partial charge in [0.1, 0.15) is 11.4 Å². The van der Waals surface area contributed by atoms with Crippen molar-refractivity contribution in [2.75, 3.05) is 30.5 Å². The molecule has 0 unspecified atom stereocenters. The van der Waals surface area contributed by atoms with Gasteiger partial charge in [-0.15, -0.1) is 0 Å². The van der Waals surface area contributed by atoms with Gasteiger partial charge in [0.2, 0.25) is 0 Å². The Kier molecular flexibility index (Phi) is 3.15. The third kappa shape index (κ3) is 2.64. The Morgan fingerprint density at radius 2 is 2.24 bits per heavy atom. The van der Waals surface area contributed by atoms with E-state index in [1.165, 1.54) is 5.69 Å². The second kappa shape index (κ2) is 4.45. The van der Waals surface area contributed by atoms with Crippen LogP contribution in [-0.4, -0.2) is 25.9 Å². The molecule has 4 heteroatoms. The molecule has 0 aliphatic carbocycles. The first-order chi connectivity index (χ1) is 8.01. The van der Waals surface area contributed by atoms with E-state index < -0.39 is 0 Å². The standard InChI is InChI=1S/C13H21N3O/c1-13(2,14)7-8-16-9-15-12-10(16)5-4-6-11(12)17-3/h4-6,15H,7-9,14H2,1-3H3. The summed E-state index contributed by atoms with van der Waals surface area (Å²) >= 11 is 0. The Bertz CT molecular complexity index is 398. The molecule has 94 valence electrons. The number of nitrogens with one attached hydrogen (secondary N) is 1. The van der Waals surface area contributed by atoms with E-state index in [4.69, 9.17) is 10.5 Å². The fourth-order valence-corrected chi connectivity index (χ4v) is 2.01. The number of rotatable bonds is 4. The fraction of sp³-hybridized carbons (Fsp3) is 0.538. The minimum Gasteiger partial charge on any atom is -0.495 e. The van der Waals surface area contributed by atoms with E-state index in [1.807, 2.05) is 12.1 Å². The van der Waals surface area contributed by atoms with Gasteiger partial charge in [-0.3, -0.25) is 0 Å². The Hall–Kier alpha value is -1.42. The zero-order chi connectivity index (χ0) is 12.5. The number of fused-ring (bicyclic) bond motifs is 1. The molecule has 0 saturated heterocycles. The monoisotopic (exact) mass is 235 g/mol. The van der Waals surface area contributed by atoms with Gasteiger partial charge < -0.3 is 20.7 Å². The zero-order valence-corrected chi connectivity index (χ0v) is 10.8. The number of para-hydroxylation sites is 1. The van der Waals surface area contributed by atoms with Crippen LogP contribution in [0, 0.1) is 0 Å². The maximum Gasteiger partial charge on any atom is 0.144 e. The van der Waals surface area contributed by atoms with Gasteiger partial charge >= 0.3 is 0 Å². The summed E-state index contributed by atoms with van der Waals surface area (Å²) in [7, 11) is 1.70. The van der Waals surface area contributed by atoms with E-state index in [0.717, 1.165) is 31.1 Å². The van der Waals surface area contributed by atoms with Gasteiger partial charge in [0, 0.05) is 12.1 Å². The number of anilines is 2. The van der Waals surface area contributed by atoms with Crippen LogP contribution in [0.4, 0.5) is 11.4 Å². The molecule has 1 heterocycles. The van der Waals surface area contributed by atoms with Crippen molar-refractivity contribution < 1.29 is 4.74 Å². The second-order valence-corrected chi connectivity index (χ2v) is 5.19. The third-order valence-corrected chi connectivity index (χ3v) is 3.04. The average Bonchev–Trinajstić information content (AvgIpc) is 2.68. The SMILES string of the molecule is COc1cccc2c1NCN2CCC(C)(C)N. The normalized spacial score (nSPS) is 14.5. The molecule has 0 saturated carbocycles. The quantitative estimate of drug-likeness (QED) is 0.838. The molecule has 1 aliphatic rings. The van der Waals surface area contributed by atoms with Gasteiger partial charge in [0.05, 0.1) is 19.5 Å². The molecule has 2 rings (SSSR count). The molecule has 1 aromatic carbocycles. The number of nitrogens with two attached hydrogens (primary N) is 1. The van der Waals surface area contributed by atoms with Crippen LogP contribution in [-0.2, 0) is 0 Å². The molecule has 4 nitrogen and oxygen atoms in total. The molecule has 17 heavy (non-hydrogen) atoms. The minimum atomic E-state index is -0.123. The van der Waals surface area contributed by atoms with Gasteiger partial charge in [-0.2, -0.15) is 0 Å². The van der Waals surface area contributed by atoms with Crippen LogP contribution in [0.15, 0.2) is 18.2 Å². The summed E-state index contributed by atoms with van der Waals surface area (Å²) in [6.07, 6.45) is 0.964. The maximum atomic E-state index is 6.02. The van der Waals surface area contributed by atoms with Crippen LogP contribution in [0.5, 0.6) is 5.75 Å². The van der Waals surface area contributed by atoms with Crippen LogP contribution in [0.3, 0.4) is 0 Å². The Morgan fingerprint density at radius 1 is 1.47 bits per heavy atom. The Morgan fingerprint density at radius 3 is 2.88 bits per heavy atom. The lowest BCUT2D eigenvalue weighted by atomic mass is 10.0. The van der Waals surface area contributed by atoms with E-state index in [-0.39, 0.29) is 5.54 Å². The van der Waals surface area contributed by atoms with Crippen molar-refractivity contribution in [1.82, 2.24) is 0 Å². The van der Waals surface area contributed by atoms with Crippen molar-refractivity contribution in [2.45, 2.75) is 25.8 Å². The van der Waals surface area contributed by atoms with Gasteiger partial charge in [0.15, 0.2) is 0 Å². The Labute approximate surface area is 103 Å². The van der Waals surface area contributed by atoms with E-state index >= 15 is 0 Å². The molecule has 0 atom stereocenters. The first-order valence-electron chi connectivity index (χ1n) is 5.96. The highest BCUT2D eigenvalue weighted by atomic mass is 16.5. The van der Waals surface area contributed by atoms with Crippen LogP contribution in [0.1, 0.15) is 20.3 Å². The highest BCUT2D eigenvalue weighted by Crippen LogP contribution is 2.38. The number of benzene rings is 1. The zero-order valence-electron chi connectivity index (χ0n) is 10.8. The lowest BCUT2D eigenvalue weighted by molar-refractivity contribution is 0.417. The average molecular weight is 235 g/mol. The van der Waals surface area contributed by atoms with Crippen LogP contribution in [0.2, 0.25) is 0 Å².